The van der Waals surface area contributed by atoms with Crippen molar-refractivity contribution in [1.29, 1.82) is 0 Å². The number of hydrogen-bond acceptors (Lipinski definition) is 3. The smallest absolute Gasteiger partial charge is 0.0876 e. The van der Waals surface area contributed by atoms with Crippen LogP contribution < -0.4 is 0 Å². The topological polar surface area (TPSA) is 53.0 Å². The molecule has 1 saturated heterocycles. The summed E-state index contributed by atoms with van der Waals surface area (Å²) in [5, 5.41) is 17.8. The fourth-order valence-corrected chi connectivity index (χ4v) is 2.32. The summed E-state index contributed by atoms with van der Waals surface area (Å²) in [6.07, 6.45) is 15.0. The average Bonchev–Trinajstić information content (AvgIpc) is 3.17. The van der Waals surface area contributed by atoms with Gasteiger partial charge in [0.15, 0.2) is 0 Å². The first-order chi connectivity index (χ1) is 9.27. The summed E-state index contributed by atoms with van der Waals surface area (Å²) >= 11 is 0. The zero-order chi connectivity index (χ0) is 13.9. The van der Waals surface area contributed by atoms with Crippen molar-refractivity contribution in [2.45, 2.75) is 83.0 Å². The summed E-state index contributed by atoms with van der Waals surface area (Å²) in [6, 6.07) is 0. The Hall–Kier alpha value is -0.380. The Morgan fingerprint density at radius 2 is 1.79 bits per heavy atom. The van der Waals surface area contributed by atoms with Crippen LogP contribution in [0.15, 0.2) is 12.2 Å². The third kappa shape index (κ3) is 8.40. The molecule has 0 aromatic heterocycles. The highest BCUT2D eigenvalue weighted by Crippen LogP contribution is 2.30. The van der Waals surface area contributed by atoms with E-state index in [4.69, 9.17) is 14.9 Å². The quantitative estimate of drug-likeness (QED) is 0.325. The number of aliphatic hydroxyl groups is 2. The Labute approximate surface area is 117 Å². The minimum Gasteiger partial charge on any atom is -0.394 e. The standard InChI is InChI=1S/C16H30O3/c1-2-3-4-5-6-7-11-15-16(19-15)12-9-8-10-14(18)13-17/h8-9,14-18H,2-7,10-13H2,1H3/b9-8-. The maximum Gasteiger partial charge on any atom is 0.0876 e. The zero-order valence-electron chi connectivity index (χ0n) is 12.3. The van der Waals surface area contributed by atoms with Crippen molar-refractivity contribution in [3.8, 4) is 0 Å². The van der Waals surface area contributed by atoms with Crippen molar-refractivity contribution < 1.29 is 14.9 Å². The third-order valence-corrected chi connectivity index (χ3v) is 3.68. The van der Waals surface area contributed by atoms with Gasteiger partial charge in [-0.3, -0.25) is 0 Å². The summed E-state index contributed by atoms with van der Waals surface area (Å²) in [5.74, 6) is 0. The van der Waals surface area contributed by atoms with Crippen molar-refractivity contribution >= 4 is 0 Å². The van der Waals surface area contributed by atoms with E-state index < -0.39 is 6.10 Å². The second kappa shape index (κ2) is 10.4. The van der Waals surface area contributed by atoms with Crippen LogP contribution in [-0.4, -0.2) is 35.1 Å². The first kappa shape index (κ1) is 16.7. The summed E-state index contributed by atoms with van der Waals surface area (Å²) in [7, 11) is 0. The first-order valence-corrected chi connectivity index (χ1v) is 7.87. The lowest BCUT2D eigenvalue weighted by atomic mass is 10.1. The third-order valence-electron chi connectivity index (χ3n) is 3.68. The molecule has 3 atom stereocenters. The number of unbranched alkanes of at least 4 members (excludes halogenated alkanes) is 5. The Bertz CT molecular complexity index is 240. The average molecular weight is 270 g/mol. The highest BCUT2D eigenvalue weighted by Gasteiger charge is 2.36. The fourth-order valence-electron chi connectivity index (χ4n) is 2.32. The van der Waals surface area contributed by atoms with E-state index in [0.717, 1.165) is 6.42 Å². The molecule has 0 bridgehead atoms. The second-order valence-electron chi connectivity index (χ2n) is 5.55. The predicted octanol–water partition coefficient (Wildman–Crippen LogP) is 3.19. The molecular weight excluding hydrogens is 240 g/mol. The Balaban J connectivity index is 1.88. The molecule has 1 aliphatic rings. The lowest BCUT2D eigenvalue weighted by Crippen LogP contribution is -2.09. The van der Waals surface area contributed by atoms with Gasteiger partial charge in [-0.25, -0.2) is 0 Å². The van der Waals surface area contributed by atoms with E-state index in [1.807, 2.05) is 6.08 Å². The summed E-state index contributed by atoms with van der Waals surface area (Å²) in [5.41, 5.74) is 0. The van der Waals surface area contributed by atoms with Gasteiger partial charge in [0.05, 0.1) is 24.9 Å². The van der Waals surface area contributed by atoms with Gasteiger partial charge in [-0.05, 0) is 19.3 Å². The van der Waals surface area contributed by atoms with Gasteiger partial charge in [0.1, 0.15) is 0 Å². The van der Waals surface area contributed by atoms with E-state index >= 15 is 0 Å². The highest BCUT2D eigenvalue weighted by molar-refractivity contribution is 4.94. The molecule has 3 nitrogen and oxygen atoms in total. The molecule has 0 aromatic carbocycles. The number of rotatable bonds is 12. The van der Waals surface area contributed by atoms with Gasteiger partial charge in [0, 0.05) is 0 Å². The molecule has 0 aliphatic carbocycles. The number of hydrogen-bond donors (Lipinski definition) is 2. The lowest BCUT2D eigenvalue weighted by molar-refractivity contribution is 0.0975. The van der Waals surface area contributed by atoms with Gasteiger partial charge >= 0.3 is 0 Å². The molecule has 0 saturated carbocycles. The number of aliphatic hydroxyl groups excluding tert-OH is 2. The first-order valence-electron chi connectivity index (χ1n) is 7.87. The van der Waals surface area contributed by atoms with Crippen LogP contribution in [0.2, 0.25) is 0 Å². The molecule has 0 amide bonds. The number of ether oxygens (including phenoxy) is 1. The van der Waals surface area contributed by atoms with Gasteiger partial charge in [0.2, 0.25) is 0 Å². The van der Waals surface area contributed by atoms with Crippen LogP contribution in [0.5, 0.6) is 0 Å². The van der Waals surface area contributed by atoms with E-state index in [9.17, 15) is 0 Å². The molecular formula is C16H30O3. The van der Waals surface area contributed by atoms with Crippen LogP contribution in [0.4, 0.5) is 0 Å². The van der Waals surface area contributed by atoms with Crippen molar-refractivity contribution in [3.63, 3.8) is 0 Å². The molecule has 0 aromatic rings. The number of epoxide rings is 1. The maximum atomic E-state index is 9.16. The van der Waals surface area contributed by atoms with Gasteiger partial charge in [-0.15, -0.1) is 0 Å². The zero-order valence-corrected chi connectivity index (χ0v) is 12.3. The Morgan fingerprint density at radius 1 is 1.05 bits per heavy atom. The van der Waals surface area contributed by atoms with Gasteiger partial charge in [0.25, 0.3) is 0 Å². The van der Waals surface area contributed by atoms with Crippen molar-refractivity contribution in [2.75, 3.05) is 6.61 Å². The van der Waals surface area contributed by atoms with Crippen molar-refractivity contribution in [2.24, 2.45) is 0 Å². The largest absolute Gasteiger partial charge is 0.394 e. The lowest BCUT2D eigenvalue weighted by Gasteiger charge is -2.00. The summed E-state index contributed by atoms with van der Waals surface area (Å²) < 4.78 is 5.61. The Morgan fingerprint density at radius 3 is 2.53 bits per heavy atom. The van der Waals surface area contributed by atoms with E-state index in [0.29, 0.717) is 18.6 Å². The summed E-state index contributed by atoms with van der Waals surface area (Å²) in [6.45, 7) is 2.08. The molecule has 19 heavy (non-hydrogen) atoms. The van der Waals surface area contributed by atoms with Crippen LogP contribution >= 0.6 is 0 Å². The minimum atomic E-state index is -0.615. The summed E-state index contributed by atoms with van der Waals surface area (Å²) in [4.78, 5) is 0. The van der Waals surface area contributed by atoms with Crippen LogP contribution in [0.25, 0.3) is 0 Å². The van der Waals surface area contributed by atoms with E-state index in [1.54, 1.807) is 0 Å². The fraction of sp³-hybridized carbons (Fsp3) is 0.875. The van der Waals surface area contributed by atoms with E-state index in [2.05, 4.69) is 13.0 Å². The van der Waals surface area contributed by atoms with Crippen LogP contribution in [-0.2, 0) is 4.74 Å². The SMILES string of the molecule is CCCCCCCCC1OC1C/C=C\CC(O)CO. The Kier molecular flexibility index (Phi) is 9.14. The van der Waals surface area contributed by atoms with Crippen LogP contribution in [0, 0.1) is 0 Å². The normalized spacial score (nSPS) is 23.9. The molecule has 3 heteroatoms. The minimum absolute atomic E-state index is 0.162. The van der Waals surface area contributed by atoms with E-state index in [-0.39, 0.29) is 6.61 Å². The van der Waals surface area contributed by atoms with Crippen molar-refractivity contribution in [1.82, 2.24) is 0 Å². The molecule has 0 radical (unpaired) electrons. The molecule has 2 N–H and O–H groups in total. The molecule has 112 valence electrons. The van der Waals surface area contributed by atoms with E-state index in [1.165, 1.54) is 44.9 Å². The molecule has 1 heterocycles. The van der Waals surface area contributed by atoms with Crippen LogP contribution in [0.3, 0.4) is 0 Å². The molecule has 1 fully saturated rings. The molecule has 3 unspecified atom stereocenters. The monoisotopic (exact) mass is 270 g/mol. The van der Waals surface area contributed by atoms with Crippen LogP contribution in [0.1, 0.15) is 64.7 Å². The second-order valence-corrected chi connectivity index (χ2v) is 5.55. The van der Waals surface area contributed by atoms with Crippen molar-refractivity contribution in [3.05, 3.63) is 12.2 Å². The van der Waals surface area contributed by atoms with Gasteiger partial charge < -0.3 is 14.9 Å². The van der Waals surface area contributed by atoms with Gasteiger partial charge in [-0.1, -0.05) is 57.6 Å². The highest BCUT2D eigenvalue weighted by atomic mass is 16.6. The molecule has 0 spiro atoms. The van der Waals surface area contributed by atoms with Gasteiger partial charge in [-0.2, -0.15) is 0 Å². The molecule has 1 aliphatic heterocycles. The predicted molar refractivity (Wildman–Crippen MR) is 78.1 cm³/mol. The molecule has 1 rings (SSSR count). The maximum absolute atomic E-state index is 9.16.